The third kappa shape index (κ3) is 2.93. The number of anilines is 1. The van der Waals surface area contributed by atoms with Gasteiger partial charge in [0.2, 0.25) is 11.8 Å². The molecule has 0 saturated carbocycles. The fraction of sp³-hybridized carbons (Fsp3) is 0.583. The van der Waals surface area contributed by atoms with E-state index in [1.807, 2.05) is 7.05 Å². The van der Waals surface area contributed by atoms with Crippen LogP contribution in [0.4, 0.5) is 5.69 Å². The lowest BCUT2D eigenvalue weighted by atomic mass is 10.1. The van der Waals surface area contributed by atoms with E-state index in [2.05, 4.69) is 15.5 Å². The van der Waals surface area contributed by atoms with E-state index in [0.717, 1.165) is 12.2 Å². The van der Waals surface area contributed by atoms with Crippen LogP contribution in [0.15, 0.2) is 12.4 Å². The van der Waals surface area contributed by atoms with E-state index in [0.29, 0.717) is 13.1 Å². The molecule has 1 aromatic rings. The minimum atomic E-state index is -0.260. The minimum Gasteiger partial charge on any atom is -0.344 e. The first-order valence-corrected chi connectivity index (χ1v) is 6.32. The standard InChI is InChI=1S/C12H19N5O2/c1-13-3-4-16(2)12(19)9-5-11(18)17(8-9)10-6-14-15-7-10/h6-7,9,13H,3-5,8H2,1-2H3,(H,14,15). The van der Waals surface area contributed by atoms with E-state index < -0.39 is 0 Å². The predicted molar refractivity (Wildman–Crippen MR) is 70.6 cm³/mol. The van der Waals surface area contributed by atoms with E-state index >= 15 is 0 Å². The first-order chi connectivity index (χ1) is 9.13. The molecule has 1 unspecified atom stereocenters. The van der Waals surface area contributed by atoms with Gasteiger partial charge in [0.15, 0.2) is 0 Å². The molecule has 1 aliphatic heterocycles. The van der Waals surface area contributed by atoms with E-state index in [-0.39, 0.29) is 24.2 Å². The largest absolute Gasteiger partial charge is 0.344 e. The van der Waals surface area contributed by atoms with E-state index in [1.165, 1.54) is 0 Å². The Morgan fingerprint density at radius 1 is 1.68 bits per heavy atom. The quantitative estimate of drug-likeness (QED) is 0.748. The summed E-state index contributed by atoms with van der Waals surface area (Å²) in [5.74, 6) is -0.263. The first kappa shape index (κ1) is 13.5. The van der Waals surface area contributed by atoms with Crippen molar-refractivity contribution < 1.29 is 9.59 Å². The monoisotopic (exact) mass is 265 g/mol. The lowest BCUT2D eigenvalue weighted by Crippen LogP contribution is -2.38. The van der Waals surface area contributed by atoms with E-state index in [4.69, 9.17) is 0 Å². The molecule has 0 bridgehead atoms. The number of amides is 2. The number of carbonyl (C=O) groups is 2. The van der Waals surface area contributed by atoms with Gasteiger partial charge in [-0.05, 0) is 7.05 Å². The molecule has 0 spiro atoms. The lowest BCUT2D eigenvalue weighted by molar-refractivity contribution is -0.134. The SMILES string of the molecule is CNCCN(C)C(=O)C1CC(=O)N(c2cn[nH]c2)C1. The van der Waals surface area contributed by atoms with Crippen molar-refractivity contribution in [3.8, 4) is 0 Å². The summed E-state index contributed by atoms with van der Waals surface area (Å²) in [5, 5.41) is 9.50. The van der Waals surface area contributed by atoms with Gasteiger partial charge in [-0.3, -0.25) is 14.7 Å². The van der Waals surface area contributed by atoms with Gasteiger partial charge in [-0.25, -0.2) is 0 Å². The fourth-order valence-corrected chi connectivity index (χ4v) is 2.22. The summed E-state index contributed by atoms with van der Waals surface area (Å²) in [6, 6.07) is 0. The van der Waals surface area contributed by atoms with Crippen molar-refractivity contribution in [2.75, 3.05) is 38.6 Å². The van der Waals surface area contributed by atoms with Crippen LogP contribution in [0.1, 0.15) is 6.42 Å². The Hall–Kier alpha value is -1.89. The van der Waals surface area contributed by atoms with Crippen LogP contribution < -0.4 is 10.2 Å². The van der Waals surface area contributed by atoms with Crippen molar-refractivity contribution in [1.82, 2.24) is 20.4 Å². The topological polar surface area (TPSA) is 81.3 Å². The van der Waals surface area contributed by atoms with Crippen LogP contribution in [0.25, 0.3) is 0 Å². The van der Waals surface area contributed by atoms with Gasteiger partial charge < -0.3 is 15.1 Å². The average Bonchev–Trinajstić information content (AvgIpc) is 3.03. The summed E-state index contributed by atoms with van der Waals surface area (Å²) in [4.78, 5) is 27.4. The Balaban J connectivity index is 1.97. The Morgan fingerprint density at radius 2 is 2.47 bits per heavy atom. The Kier molecular flexibility index (Phi) is 4.16. The Bertz CT molecular complexity index is 445. The number of carbonyl (C=O) groups excluding carboxylic acids is 2. The molecule has 2 heterocycles. The van der Waals surface area contributed by atoms with Crippen molar-refractivity contribution in [1.29, 1.82) is 0 Å². The Morgan fingerprint density at radius 3 is 3.11 bits per heavy atom. The molecular weight excluding hydrogens is 246 g/mol. The second-order valence-electron chi connectivity index (χ2n) is 4.73. The average molecular weight is 265 g/mol. The molecule has 0 radical (unpaired) electrons. The second-order valence-corrected chi connectivity index (χ2v) is 4.73. The summed E-state index contributed by atoms with van der Waals surface area (Å²) < 4.78 is 0. The summed E-state index contributed by atoms with van der Waals surface area (Å²) in [5.41, 5.74) is 0.721. The molecule has 1 fully saturated rings. The van der Waals surface area contributed by atoms with E-state index in [9.17, 15) is 9.59 Å². The molecule has 2 N–H and O–H groups in total. The molecule has 0 aromatic carbocycles. The third-order valence-electron chi connectivity index (χ3n) is 3.34. The molecule has 1 saturated heterocycles. The molecule has 1 aliphatic rings. The zero-order valence-corrected chi connectivity index (χ0v) is 11.2. The van der Waals surface area contributed by atoms with Gasteiger partial charge in [-0.1, -0.05) is 0 Å². The second kappa shape index (κ2) is 5.83. The molecule has 2 amide bonds. The van der Waals surface area contributed by atoms with Crippen molar-refractivity contribution in [2.24, 2.45) is 5.92 Å². The van der Waals surface area contributed by atoms with Crippen LogP contribution in [0.2, 0.25) is 0 Å². The molecule has 1 atom stereocenters. The molecule has 2 rings (SSSR count). The maximum absolute atomic E-state index is 12.2. The van der Waals surface area contributed by atoms with Crippen molar-refractivity contribution in [3.05, 3.63) is 12.4 Å². The molecule has 104 valence electrons. The number of H-pyrrole nitrogens is 1. The first-order valence-electron chi connectivity index (χ1n) is 6.32. The van der Waals surface area contributed by atoms with Gasteiger partial charge in [-0.2, -0.15) is 5.10 Å². The van der Waals surface area contributed by atoms with Crippen LogP contribution >= 0.6 is 0 Å². The number of aromatic amines is 1. The molecular formula is C12H19N5O2. The lowest BCUT2D eigenvalue weighted by Gasteiger charge is -2.20. The number of aromatic nitrogens is 2. The highest BCUT2D eigenvalue weighted by atomic mass is 16.2. The number of nitrogens with one attached hydrogen (secondary N) is 2. The highest BCUT2D eigenvalue weighted by Crippen LogP contribution is 2.25. The summed E-state index contributed by atoms with van der Waals surface area (Å²) in [7, 11) is 3.61. The predicted octanol–water partition coefficient (Wildman–Crippen LogP) is -0.560. The molecule has 19 heavy (non-hydrogen) atoms. The van der Waals surface area contributed by atoms with Gasteiger partial charge in [0.1, 0.15) is 0 Å². The molecule has 0 aliphatic carbocycles. The smallest absolute Gasteiger partial charge is 0.227 e. The zero-order valence-electron chi connectivity index (χ0n) is 11.2. The molecule has 1 aromatic heterocycles. The summed E-state index contributed by atoms with van der Waals surface area (Å²) in [6.07, 6.45) is 3.53. The van der Waals surface area contributed by atoms with Gasteiger partial charge in [-0.15, -0.1) is 0 Å². The summed E-state index contributed by atoms with van der Waals surface area (Å²) in [6.45, 7) is 1.82. The number of hydrogen-bond acceptors (Lipinski definition) is 4. The number of likely N-dealkylation sites (N-methyl/N-ethyl adjacent to an activating group) is 2. The van der Waals surface area contributed by atoms with Gasteiger partial charge in [0.25, 0.3) is 0 Å². The summed E-state index contributed by atoms with van der Waals surface area (Å²) >= 11 is 0. The maximum atomic E-state index is 12.2. The van der Waals surface area contributed by atoms with Gasteiger partial charge >= 0.3 is 0 Å². The van der Waals surface area contributed by atoms with Crippen LogP contribution in [-0.2, 0) is 9.59 Å². The fourth-order valence-electron chi connectivity index (χ4n) is 2.22. The highest BCUT2D eigenvalue weighted by molar-refractivity contribution is 6.00. The minimum absolute atomic E-state index is 0.0228. The van der Waals surface area contributed by atoms with Gasteiger partial charge in [0, 0.05) is 39.3 Å². The number of nitrogens with zero attached hydrogens (tertiary/aromatic N) is 3. The van der Waals surface area contributed by atoms with Crippen molar-refractivity contribution >= 4 is 17.5 Å². The number of rotatable bonds is 5. The van der Waals surface area contributed by atoms with Crippen molar-refractivity contribution in [2.45, 2.75) is 6.42 Å². The van der Waals surface area contributed by atoms with Crippen molar-refractivity contribution in [3.63, 3.8) is 0 Å². The maximum Gasteiger partial charge on any atom is 0.227 e. The Labute approximate surface area is 111 Å². The molecule has 7 heteroatoms. The van der Waals surface area contributed by atoms with Gasteiger partial charge in [0.05, 0.1) is 17.8 Å². The number of hydrogen-bond donors (Lipinski definition) is 2. The normalized spacial score (nSPS) is 18.9. The third-order valence-corrected chi connectivity index (χ3v) is 3.34. The van der Waals surface area contributed by atoms with E-state index in [1.54, 1.807) is 29.2 Å². The van der Waals surface area contributed by atoms with Crippen LogP contribution in [0.5, 0.6) is 0 Å². The highest BCUT2D eigenvalue weighted by Gasteiger charge is 2.36. The zero-order chi connectivity index (χ0) is 13.8. The van der Waals surface area contributed by atoms with Crippen LogP contribution in [-0.4, -0.2) is 60.6 Å². The van der Waals surface area contributed by atoms with Crippen LogP contribution in [0.3, 0.4) is 0 Å². The van der Waals surface area contributed by atoms with Crippen LogP contribution in [0, 0.1) is 5.92 Å². The molecule has 7 nitrogen and oxygen atoms in total.